The quantitative estimate of drug-likeness (QED) is 0.502. The summed E-state index contributed by atoms with van der Waals surface area (Å²) in [6.07, 6.45) is 3.87. The first-order valence-electron chi connectivity index (χ1n) is 8.06. The van der Waals surface area contributed by atoms with Crippen molar-refractivity contribution in [3.05, 3.63) is 59.1 Å². The Morgan fingerprint density at radius 3 is 2.56 bits per heavy atom. The van der Waals surface area contributed by atoms with Gasteiger partial charge in [-0.3, -0.25) is 15.6 Å². The van der Waals surface area contributed by atoms with Crippen molar-refractivity contribution in [2.24, 2.45) is 0 Å². The molecule has 0 saturated heterocycles. The van der Waals surface area contributed by atoms with Crippen LogP contribution in [0.2, 0.25) is 5.02 Å². The third-order valence-corrected chi connectivity index (χ3v) is 3.78. The lowest BCUT2D eigenvalue weighted by molar-refractivity contribution is -0.123. The van der Waals surface area contributed by atoms with Crippen molar-refractivity contribution in [2.45, 2.75) is 6.92 Å². The van der Waals surface area contributed by atoms with Crippen molar-refractivity contribution < 1.29 is 14.3 Å². The third kappa shape index (κ3) is 6.80. The van der Waals surface area contributed by atoms with Gasteiger partial charge in [0.2, 0.25) is 0 Å². The van der Waals surface area contributed by atoms with Gasteiger partial charge in [0.1, 0.15) is 0 Å². The highest BCUT2D eigenvalue weighted by molar-refractivity contribution is 7.80. The normalized spacial score (nSPS) is 10.3. The number of amides is 1. The molecular weight excluding hydrogens is 386 g/mol. The molecule has 0 heterocycles. The summed E-state index contributed by atoms with van der Waals surface area (Å²) in [5.41, 5.74) is 6.78. The fourth-order valence-electron chi connectivity index (χ4n) is 2.10. The highest BCUT2D eigenvalue weighted by Gasteiger charge is 2.08. The topological polar surface area (TPSA) is 71.6 Å². The number of nitrogens with one attached hydrogen (secondary N) is 3. The molecule has 2 rings (SSSR count). The molecule has 0 bridgehead atoms. The van der Waals surface area contributed by atoms with Crippen LogP contribution in [0.4, 0.5) is 5.69 Å². The summed E-state index contributed by atoms with van der Waals surface area (Å²) in [5, 5.41) is 3.77. The summed E-state index contributed by atoms with van der Waals surface area (Å²) >= 11 is 10.9. The Labute approximate surface area is 168 Å². The summed E-state index contributed by atoms with van der Waals surface area (Å²) in [7, 11) is 1.55. The second-order valence-electron chi connectivity index (χ2n) is 5.33. The van der Waals surface area contributed by atoms with Crippen LogP contribution in [0.1, 0.15) is 12.5 Å². The maximum Gasteiger partial charge on any atom is 0.276 e. The Morgan fingerprint density at radius 2 is 1.89 bits per heavy atom. The van der Waals surface area contributed by atoms with E-state index in [0.29, 0.717) is 16.5 Å². The molecule has 0 aliphatic carbocycles. The maximum atomic E-state index is 11.9. The van der Waals surface area contributed by atoms with Crippen LogP contribution in [0.25, 0.3) is 6.08 Å². The minimum Gasteiger partial charge on any atom is -0.493 e. The number of hydrazine groups is 1. The minimum atomic E-state index is -0.394. The van der Waals surface area contributed by atoms with Crippen LogP contribution in [0, 0.1) is 0 Å². The molecule has 3 N–H and O–H groups in total. The number of allylic oxidation sites excluding steroid dienone is 1. The molecule has 0 atom stereocenters. The summed E-state index contributed by atoms with van der Waals surface area (Å²) < 4.78 is 10.8. The molecule has 1 amide bonds. The highest BCUT2D eigenvalue weighted by Crippen LogP contribution is 2.28. The van der Waals surface area contributed by atoms with Gasteiger partial charge in [0.05, 0.1) is 7.11 Å². The van der Waals surface area contributed by atoms with Gasteiger partial charge in [-0.2, -0.15) is 0 Å². The summed E-state index contributed by atoms with van der Waals surface area (Å²) in [4.78, 5) is 11.9. The van der Waals surface area contributed by atoms with E-state index < -0.39 is 5.91 Å². The van der Waals surface area contributed by atoms with E-state index in [2.05, 4.69) is 16.2 Å². The number of anilines is 1. The number of benzene rings is 2. The fraction of sp³-hybridized carbons (Fsp3) is 0.158. The first kappa shape index (κ1) is 20.5. The summed E-state index contributed by atoms with van der Waals surface area (Å²) in [6, 6.07) is 12.5. The number of ether oxygens (including phenoxy) is 2. The molecule has 8 heteroatoms. The van der Waals surface area contributed by atoms with E-state index in [9.17, 15) is 4.79 Å². The van der Waals surface area contributed by atoms with Gasteiger partial charge in [0.15, 0.2) is 23.2 Å². The number of carbonyl (C=O) groups excluding carboxylic acids is 1. The zero-order chi connectivity index (χ0) is 19.6. The van der Waals surface area contributed by atoms with Gasteiger partial charge < -0.3 is 14.8 Å². The Morgan fingerprint density at radius 1 is 1.15 bits per heavy atom. The van der Waals surface area contributed by atoms with E-state index in [1.165, 1.54) is 0 Å². The van der Waals surface area contributed by atoms with E-state index in [4.69, 9.17) is 33.3 Å². The van der Waals surface area contributed by atoms with Crippen LogP contribution in [0.15, 0.2) is 48.5 Å². The number of hydrogen-bond donors (Lipinski definition) is 3. The van der Waals surface area contributed by atoms with Crippen molar-refractivity contribution in [1.29, 1.82) is 0 Å². The second-order valence-corrected chi connectivity index (χ2v) is 6.18. The molecule has 0 radical (unpaired) electrons. The van der Waals surface area contributed by atoms with E-state index in [1.807, 2.05) is 31.2 Å². The van der Waals surface area contributed by atoms with Crippen molar-refractivity contribution in [3.8, 4) is 11.5 Å². The lowest BCUT2D eigenvalue weighted by Gasteiger charge is -2.13. The lowest BCUT2D eigenvalue weighted by Crippen LogP contribution is -2.45. The van der Waals surface area contributed by atoms with Crippen LogP contribution in [-0.4, -0.2) is 24.7 Å². The number of methoxy groups -OCH3 is 1. The van der Waals surface area contributed by atoms with E-state index in [0.717, 1.165) is 11.3 Å². The minimum absolute atomic E-state index is 0.199. The zero-order valence-corrected chi connectivity index (χ0v) is 16.5. The predicted molar refractivity (Wildman–Crippen MR) is 112 cm³/mol. The molecule has 142 valence electrons. The molecule has 0 saturated carbocycles. The van der Waals surface area contributed by atoms with Crippen molar-refractivity contribution >= 4 is 46.6 Å². The van der Waals surface area contributed by atoms with Crippen molar-refractivity contribution in [3.63, 3.8) is 0 Å². The first-order valence-corrected chi connectivity index (χ1v) is 8.85. The fourth-order valence-corrected chi connectivity index (χ4v) is 2.40. The number of rotatable bonds is 6. The molecule has 27 heavy (non-hydrogen) atoms. The van der Waals surface area contributed by atoms with Crippen LogP contribution in [0.3, 0.4) is 0 Å². The summed E-state index contributed by atoms with van der Waals surface area (Å²) in [6.45, 7) is 1.73. The Balaban J connectivity index is 1.80. The second kappa shape index (κ2) is 10.4. The van der Waals surface area contributed by atoms with Crippen molar-refractivity contribution in [1.82, 2.24) is 10.9 Å². The predicted octanol–water partition coefficient (Wildman–Crippen LogP) is 3.78. The van der Waals surface area contributed by atoms with Gasteiger partial charge in [-0.15, -0.1) is 0 Å². The van der Waals surface area contributed by atoms with Crippen molar-refractivity contribution in [2.75, 3.05) is 19.0 Å². The molecule has 0 aliphatic heterocycles. The maximum absolute atomic E-state index is 11.9. The zero-order valence-electron chi connectivity index (χ0n) is 14.9. The molecule has 6 nitrogen and oxygen atoms in total. The number of hydrogen-bond acceptors (Lipinski definition) is 4. The first-order chi connectivity index (χ1) is 13.0. The lowest BCUT2D eigenvalue weighted by atomic mass is 10.2. The molecule has 2 aromatic carbocycles. The van der Waals surface area contributed by atoms with Crippen LogP contribution < -0.4 is 25.6 Å². The largest absolute Gasteiger partial charge is 0.493 e. The monoisotopic (exact) mass is 405 g/mol. The smallest absolute Gasteiger partial charge is 0.276 e. The number of carbonyl (C=O) groups is 1. The molecule has 0 aromatic heterocycles. The highest BCUT2D eigenvalue weighted by atomic mass is 35.5. The number of thiocarbonyl (C=S) groups is 1. The standard InChI is InChI=1S/C19H20ClN3O3S/c1-3-4-13-5-10-16(17(11-13)25-2)26-12-18(24)22-23-19(27)21-15-8-6-14(20)7-9-15/h3-11H,12H2,1-2H3,(H,22,24)(H2,21,23,27)/b4-3+. The average Bonchev–Trinajstić information content (AvgIpc) is 2.67. The Kier molecular flexibility index (Phi) is 7.91. The molecule has 2 aromatic rings. The van der Waals surface area contributed by atoms with E-state index in [1.54, 1.807) is 37.4 Å². The molecular formula is C19H20ClN3O3S. The summed E-state index contributed by atoms with van der Waals surface area (Å²) in [5.74, 6) is 0.629. The third-order valence-electron chi connectivity index (χ3n) is 3.32. The average molecular weight is 406 g/mol. The van der Waals surface area contributed by atoms with Gasteiger partial charge >= 0.3 is 0 Å². The van der Waals surface area contributed by atoms with Gasteiger partial charge in [-0.05, 0) is 61.1 Å². The van der Waals surface area contributed by atoms with Gasteiger partial charge in [-0.25, -0.2) is 0 Å². The van der Waals surface area contributed by atoms with Gasteiger partial charge in [-0.1, -0.05) is 29.8 Å². The van der Waals surface area contributed by atoms with Crippen LogP contribution >= 0.6 is 23.8 Å². The van der Waals surface area contributed by atoms with Crippen LogP contribution in [0.5, 0.6) is 11.5 Å². The number of halogens is 1. The molecule has 0 spiro atoms. The molecule has 0 unspecified atom stereocenters. The van der Waals surface area contributed by atoms with Gasteiger partial charge in [0, 0.05) is 10.7 Å². The Bertz CT molecular complexity index is 825. The van der Waals surface area contributed by atoms with Gasteiger partial charge in [0.25, 0.3) is 5.91 Å². The molecule has 0 fully saturated rings. The van der Waals surface area contributed by atoms with E-state index >= 15 is 0 Å². The molecule has 0 aliphatic rings. The SMILES string of the molecule is C/C=C/c1ccc(OCC(=O)NNC(=S)Nc2ccc(Cl)cc2)c(OC)c1. The van der Waals surface area contributed by atoms with Crippen LogP contribution in [-0.2, 0) is 4.79 Å². The van der Waals surface area contributed by atoms with E-state index in [-0.39, 0.29) is 11.7 Å². The Hall–Kier alpha value is -2.77.